The second kappa shape index (κ2) is 7.56. The van der Waals surface area contributed by atoms with E-state index in [1.807, 2.05) is 24.3 Å². The molecule has 4 nitrogen and oxygen atoms in total. The Morgan fingerprint density at radius 1 is 1.10 bits per heavy atom. The molecule has 1 N–H and O–H groups in total. The van der Waals surface area contributed by atoms with Crippen LogP contribution in [-0.2, 0) is 7.05 Å². The Morgan fingerprint density at radius 2 is 1.86 bits per heavy atom. The largest absolute Gasteiger partial charge is 0.382 e. The van der Waals surface area contributed by atoms with Gasteiger partial charge in [0.05, 0.1) is 16.7 Å². The zero-order valence-electron chi connectivity index (χ0n) is 15.6. The molecular weight excluding hydrogens is 384 g/mol. The number of hydrogen-bond donors (Lipinski definition) is 1. The summed E-state index contributed by atoms with van der Waals surface area (Å²) in [6, 6.07) is 19.4. The lowest BCUT2D eigenvalue weighted by atomic mass is 10.0. The molecule has 0 spiro atoms. The van der Waals surface area contributed by atoms with Crippen LogP contribution in [0.2, 0.25) is 5.02 Å². The number of fused-ring (bicyclic) bond motifs is 1. The van der Waals surface area contributed by atoms with E-state index >= 15 is 0 Å². The van der Waals surface area contributed by atoms with Gasteiger partial charge >= 0.3 is 0 Å². The lowest BCUT2D eigenvalue weighted by Gasteiger charge is -2.15. The topological polar surface area (TPSA) is 55.1 Å². The number of aromatic nitrogens is 2. The molecule has 142 valence electrons. The number of rotatable bonds is 3. The Balaban J connectivity index is 1.93. The molecule has 4 aromatic rings. The average Bonchev–Trinajstić information content (AvgIpc) is 2.76. The van der Waals surface area contributed by atoms with E-state index < -0.39 is 6.10 Å². The van der Waals surface area contributed by atoms with E-state index in [0.717, 1.165) is 5.56 Å². The summed E-state index contributed by atoms with van der Waals surface area (Å²) >= 11 is 5.94. The van der Waals surface area contributed by atoms with E-state index in [1.54, 1.807) is 49.5 Å². The maximum atomic E-state index is 12.5. The minimum atomic E-state index is -0.918. The van der Waals surface area contributed by atoms with Crippen LogP contribution in [0.1, 0.15) is 22.9 Å². The van der Waals surface area contributed by atoms with Crippen LogP contribution in [0, 0.1) is 12.3 Å². The van der Waals surface area contributed by atoms with Gasteiger partial charge in [0.15, 0.2) is 0 Å². The third kappa shape index (κ3) is 3.54. The third-order valence-corrected chi connectivity index (χ3v) is 5.17. The quantitative estimate of drug-likeness (QED) is 0.521. The molecule has 0 radical (unpaired) electrons. The van der Waals surface area contributed by atoms with Crippen LogP contribution in [0.15, 0.2) is 71.5 Å². The van der Waals surface area contributed by atoms with Gasteiger partial charge in [0.25, 0.3) is 5.56 Å². The van der Waals surface area contributed by atoms with Crippen molar-refractivity contribution < 1.29 is 5.11 Å². The molecule has 1 atom stereocenters. The molecule has 0 bridgehead atoms. The molecule has 0 aliphatic rings. The van der Waals surface area contributed by atoms with E-state index in [1.165, 1.54) is 4.57 Å². The summed E-state index contributed by atoms with van der Waals surface area (Å²) in [6.07, 6.45) is 4.61. The highest BCUT2D eigenvalue weighted by atomic mass is 35.5. The molecule has 0 saturated carbocycles. The standard InChI is InChI=1S/C24H17ClN2O2/c1-3-15-5-4-6-17(13-15)19-14-22(28)27(2)21-12-11-20(26-23(19)21)24(29)16-7-9-18(25)10-8-16/h1,4-14,24,29H,2H3. The van der Waals surface area contributed by atoms with Crippen LogP contribution in [-0.4, -0.2) is 14.7 Å². The van der Waals surface area contributed by atoms with Crippen molar-refractivity contribution in [2.24, 2.45) is 7.05 Å². The number of hydrogen-bond acceptors (Lipinski definition) is 3. The summed E-state index contributed by atoms with van der Waals surface area (Å²) in [5.74, 6) is 2.61. The maximum absolute atomic E-state index is 12.5. The molecule has 4 rings (SSSR count). The first-order chi connectivity index (χ1) is 14.0. The number of benzene rings is 2. The molecule has 5 heteroatoms. The number of halogens is 1. The number of terminal acetylenes is 1. The van der Waals surface area contributed by atoms with E-state index in [2.05, 4.69) is 5.92 Å². The van der Waals surface area contributed by atoms with Gasteiger partial charge in [-0.25, -0.2) is 4.98 Å². The summed E-state index contributed by atoms with van der Waals surface area (Å²) in [4.78, 5) is 17.2. The van der Waals surface area contributed by atoms with Crippen LogP contribution in [0.5, 0.6) is 0 Å². The highest BCUT2D eigenvalue weighted by Gasteiger charge is 2.16. The fraction of sp³-hybridized carbons (Fsp3) is 0.0833. The Labute approximate surface area is 173 Å². The van der Waals surface area contributed by atoms with Gasteiger partial charge in [-0.2, -0.15) is 0 Å². The van der Waals surface area contributed by atoms with E-state index in [0.29, 0.717) is 38.4 Å². The fourth-order valence-corrected chi connectivity index (χ4v) is 3.43. The van der Waals surface area contributed by atoms with Crippen molar-refractivity contribution >= 4 is 22.6 Å². The molecule has 0 amide bonds. The zero-order valence-corrected chi connectivity index (χ0v) is 16.4. The van der Waals surface area contributed by atoms with Crippen LogP contribution >= 0.6 is 11.6 Å². The Hall–Kier alpha value is -3.39. The molecule has 0 aliphatic heterocycles. The number of aliphatic hydroxyl groups is 1. The molecule has 0 saturated heterocycles. The molecular formula is C24H17ClN2O2. The van der Waals surface area contributed by atoms with Gasteiger partial charge in [0.1, 0.15) is 6.10 Å². The van der Waals surface area contributed by atoms with Crippen molar-refractivity contribution in [3.8, 4) is 23.5 Å². The summed E-state index contributed by atoms with van der Waals surface area (Å²) in [5.41, 5.74) is 4.49. The number of aliphatic hydroxyl groups excluding tert-OH is 1. The lowest BCUT2D eigenvalue weighted by Crippen LogP contribution is -2.17. The SMILES string of the molecule is C#Cc1cccc(-c2cc(=O)n(C)c3ccc(C(O)c4ccc(Cl)cc4)nc23)c1. The summed E-state index contributed by atoms with van der Waals surface area (Å²) in [7, 11) is 1.70. The number of nitrogens with zero attached hydrogens (tertiary/aromatic N) is 2. The molecule has 2 aromatic carbocycles. The highest BCUT2D eigenvalue weighted by Crippen LogP contribution is 2.29. The highest BCUT2D eigenvalue weighted by molar-refractivity contribution is 6.30. The van der Waals surface area contributed by atoms with E-state index in [9.17, 15) is 9.90 Å². The van der Waals surface area contributed by atoms with Crippen LogP contribution in [0.4, 0.5) is 0 Å². The molecule has 1 unspecified atom stereocenters. The molecule has 0 fully saturated rings. The van der Waals surface area contributed by atoms with Gasteiger partial charge in [-0.05, 0) is 47.5 Å². The summed E-state index contributed by atoms with van der Waals surface area (Å²) in [6.45, 7) is 0. The molecule has 29 heavy (non-hydrogen) atoms. The van der Waals surface area contributed by atoms with Gasteiger partial charge in [0.2, 0.25) is 0 Å². The predicted molar refractivity (Wildman–Crippen MR) is 116 cm³/mol. The van der Waals surface area contributed by atoms with Crippen molar-refractivity contribution in [1.82, 2.24) is 9.55 Å². The first kappa shape index (κ1) is 18.9. The van der Waals surface area contributed by atoms with Crippen molar-refractivity contribution in [2.75, 3.05) is 0 Å². The Kier molecular flexibility index (Phi) is 4.94. The second-order valence-corrected chi connectivity index (χ2v) is 7.17. The van der Waals surface area contributed by atoms with E-state index in [-0.39, 0.29) is 5.56 Å². The van der Waals surface area contributed by atoms with Crippen molar-refractivity contribution in [3.63, 3.8) is 0 Å². The van der Waals surface area contributed by atoms with Crippen molar-refractivity contribution in [2.45, 2.75) is 6.10 Å². The first-order valence-electron chi connectivity index (χ1n) is 8.99. The minimum Gasteiger partial charge on any atom is -0.382 e. The van der Waals surface area contributed by atoms with Crippen LogP contribution in [0.25, 0.3) is 22.2 Å². The van der Waals surface area contributed by atoms with Gasteiger partial charge < -0.3 is 9.67 Å². The smallest absolute Gasteiger partial charge is 0.251 e. The number of pyridine rings is 2. The van der Waals surface area contributed by atoms with Gasteiger partial charge in [-0.3, -0.25) is 4.79 Å². The van der Waals surface area contributed by atoms with Gasteiger partial charge in [0, 0.05) is 29.3 Å². The van der Waals surface area contributed by atoms with Gasteiger partial charge in [-0.1, -0.05) is 41.8 Å². The lowest BCUT2D eigenvalue weighted by molar-refractivity contribution is 0.216. The molecule has 2 aromatic heterocycles. The molecule has 2 heterocycles. The monoisotopic (exact) mass is 400 g/mol. The fourth-order valence-electron chi connectivity index (χ4n) is 3.31. The zero-order chi connectivity index (χ0) is 20.5. The van der Waals surface area contributed by atoms with Crippen LogP contribution < -0.4 is 5.56 Å². The van der Waals surface area contributed by atoms with Crippen molar-refractivity contribution in [1.29, 1.82) is 0 Å². The normalized spacial score (nSPS) is 11.9. The third-order valence-electron chi connectivity index (χ3n) is 4.92. The minimum absolute atomic E-state index is 0.147. The second-order valence-electron chi connectivity index (χ2n) is 6.74. The van der Waals surface area contributed by atoms with E-state index in [4.69, 9.17) is 23.0 Å². The summed E-state index contributed by atoms with van der Waals surface area (Å²) < 4.78 is 1.54. The average molecular weight is 401 g/mol. The first-order valence-corrected chi connectivity index (χ1v) is 9.37. The predicted octanol–water partition coefficient (Wildman–Crippen LogP) is 4.32. The van der Waals surface area contributed by atoms with Crippen molar-refractivity contribution in [3.05, 3.63) is 98.9 Å². The van der Waals surface area contributed by atoms with Gasteiger partial charge in [-0.15, -0.1) is 6.42 Å². The molecule has 0 aliphatic carbocycles. The Morgan fingerprint density at radius 3 is 2.59 bits per heavy atom. The van der Waals surface area contributed by atoms with Crippen LogP contribution in [0.3, 0.4) is 0 Å². The number of aryl methyl sites for hydroxylation is 1. The maximum Gasteiger partial charge on any atom is 0.251 e. The summed E-state index contributed by atoms with van der Waals surface area (Å²) in [5, 5.41) is 11.4. The Bertz CT molecular complexity index is 1320.